The molecule has 0 rings (SSSR count). The highest BCUT2D eigenvalue weighted by atomic mass is 16.6. The summed E-state index contributed by atoms with van der Waals surface area (Å²) in [5.41, 5.74) is 8.12. The largest absolute Gasteiger partial charge is 0.330 e. The van der Waals surface area contributed by atoms with Gasteiger partial charge in [0.15, 0.2) is 0 Å². The van der Waals surface area contributed by atoms with Gasteiger partial charge in [0.25, 0.3) is 0 Å². The minimum Gasteiger partial charge on any atom is -0.330 e. The van der Waals surface area contributed by atoms with Gasteiger partial charge in [0, 0.05) is 13.1 Å². The normalized spacial score (nSPS) is 10.9. The number of nitrogens with zero attached hydrogens (tertiary/aromatic N) is 1. The Morgan fingerprint density at radius 1 is 1.45 bits per heavy atom. The summed E-state index contributed by atoms with van der Waals surface area (Å²) in [7, 11) is 4.03. The highest BCUT2D eigenvalue weighted by Crippen LogP contribution is 1.75. The molecule has 3 N–H and O–H groups in total. The number of nitrogens with two attached hydrogens (primary N) is 1. The van der Waals surface area contributed by atoms with Gasteiger partial charge >= 0.3 is 0 Å². The second kappa shape index (κ2) is 7.94. The second-order valence-corrected chi connectivity index (χ2v) is 2.69. The van der Waals surface area contributed by atoms with Crippen molar-refractivity contribution in [2.75, 3.05) is 40.3 Å². The Hall–Kier alpha value is -0.160. The maximum absolute atomic E-state index is 5.29. The van der Waals surface area contributed by atoms with E-state index >= 15 is 0 Å². The van der Waals surface area contributed by atoms with Crippen molar-refractivity contribution in [3.63, 3.8) is 0 Å². The molecule has 4 heteroatoms. The van der Waals surface area contributed by atoms with Crippen LogP contribution in [0.2, 0.25) is 0 Å². The molecule has 0 amide bonds. The number of hydroxylamine groups is 1. The molecule has 0 atom stereocenters. The summed E-state index contributed by atoms with van der Waals surface area (Å²) in [4.78, 5) is 7.17. The van der Waals surface area contributed by atoms with Crippen molar-refractivity contribution in [3.8, 4) is 0 Å². The molecule has 0 fully saturated rings. The summed E-state index contributed by atoms with van der Waals surface area (Å²) >= 11 is 0. The smallest absolute Gasteiger partial charge is 0.0809 e. The van der Waals surface area contributed by atoms with Gasteiger partial charge in [-0.25, -0.2) is 5.48 Å². The lowest BCUT2D eigenvalue weighted by atomic mass is 10.4. The first-order valence-electron chi connectivity index (χ1n) is 3.97. The van der Waals surface area contributed by atoms with Crippen LogP contribution < -0.4 is 11.2 Å². The third kappa shape index (κ3) is 9.84. The molecule has 11 heavy (non-hydrogen) atoms. The molecule has 0 heterocycles. The van der Waals surface area contributed by atoms with Gasteiger partial charge in [-0.3, -0.25) is 0 Å². The van der Waals surface area contributed by atoms with Crippen LogP contribution >= 0.6 is 0 Å². The fraction of sp³-hybridized carbons (Fsp3) is 1.00. The van der Waals surface area contributed by atoms with Gasteiger partial charge < -0.3 is 15.5 Å². The molecular weight excluding hydrogens is 142 g/mol. The summed E-state index contributed by atoms with van der Waals surface area (Å²) in [6.45, 7) is 3.21. The third-order valence-corrected chi connectivity index (χ3v) is 1.23. The molecule has 0 bridgehead atoms. The lowest BCUT2D eigenvalue weighted by molar-refractivity contribution is 0.0324. The Bertz CT molecular complexity index is 78.1. The van der Waals surface area contributed by atoms with E-state index in [1.54, 1.807) is 0 Å². The summed E-state index contributed by atoms with van der Waals surface area (Å²) in [6.07, 6.45) is 0.960. The van der Waals surface area contributed by atoms with Crippen LogP contribution in [0.3, 0.4) is 0 Å². The second-order valence-electron chi connectivity index (χ2n) is 2.69. The molecule has 0 radical (unpaired) electrons. The quantitative estimate of drug-likeness (QED) is 0.387. The van der Waals surface area contributed by atoms with Gasteiger partial charge in [-0.15, -0.1) is 0 Å². The van der Waals surface area contributed by atoms with Gasteiger partial charge in [0.05, 0.1) is 6.61 Å². The summed E-state index contributed by atoms with van der Waals surface area (Å²) < 4.78 is 0. The van der Waals surface area contributed by atoms with E-state index in [1.807, 2.05) is 14.1 Å². The molecule has 0 aliphatic carbocycles. The van der Waals surface area contributed by atoms with Crippen molar-refractivity contribution in [2.45, 2.75) is 6.42 Å². The molecule has 0 aromatic carbocycles. The first-order valence-corrected chi connectivity index (χ1v) is 3.97. The molecule has 68 valence electrons. The summed E-state index contributed by atoms with van der Waals surface area (Å²) in [6, 6.07) is 0. The Kier molecular flexibility index (Phi) is 7.83. The van der Waals surface area contributed by atoms with Crippen LogP contribution in [0.15, 0.2) is 0 Å². The number of hydrogen-bond donors (Lipinski definition) is 2. The van der Waals surface area contributed by atoms with E-state index in [0.717, 1.165) is 26.1 Å². The van der Waals surface area contributed by atoms with Crippen LogP contribution in [-0.2, 0) is 4.84 Å². The molecule has 0 spiro atoms. The average molecular weight is 161 g/mol. The first-order chi connectivity index (χ1) is 5.27. The molecule has 0 aromatic rings. The predicted molar refractivity (Wildman–Crippen MR) is 46.2 cm³/mol. The van der Waals surface area contributed by atoms with Crippen molar-refractivity contribution >= 4 is 0 Å². The van der Waals surface area contributed by atoms with Crippen LogP contribution in [0.25, 0.3) is 0 Å². The van der Waals surface area contributed by atoms with Gasteiger partial charge in [-0.1, -0.05) is 0 Å². The van der Waals surface area contributed by atoms with Crippen molar-refractivity contribution in [1.82, 2.24) is 10.4 Å². The van der Waals surface area contributed by atoms with Crippen LogP contribution in [0.5, 0.6) is 0 Å². The van der Waals surface area contributed by atoms with Crippen LogP contribution in [0.4, 0.5) is 0 Å². The van der Waals surface area contributed by atoms with Gasteiger partial charge in [0.1, 0.15) is 0 Å². The Labute approximate surface area is 68.6 Å². The molecular formula is C7H19N3O. The monoisotopic (exact) mass is 161 g/mol. The zero-order valence-electron chi connectivity index (χ0n) is 7.47. The molecule has 0 saturated heterocycles. The van der Waals surface area contributed by atoms with E-state index in [2.05, 4.69) is 10.4 Å². The standard InChI is InChI=1S/C7H19N3O/c1-10(2)6-7-11-9-5-3-4-8/h9H,3-8H2,1-2H3. The van der Waals surface area contributed by atoms with Crippen LogP contribution in [-0.4, -0.2) is 45.2 Å². The Morgan fingerprint density at radius 2 is 2.18 bits per heavy atom. The van der Waals surface area contributed by atoms with E-state index in [0.29, 0.717) is 6.54 Å². The van der Waals surface area contributed by atoms with Gasteiger partial charge in [-0.05, 0) is 27.1 Å². The maximum atomic E-state index is 5.29. The van der Waals surface area contributed by atoms with Crippen LogP contribution in [0.1, 0.15) is 6.42 Å². The Morgan fingerprint density at radius 3 is 2.73 bits per heavy atom. The zero-order valence-corrected chi connectivity index (χ0v) is 7.47. The number of likely N-dealkylation sites (N-methyl/N-ethyl adjacent to an activating group) is 1. The summed E-state index contributed by atoms with van der Waals surface area (Å²) in [5, 5.41) is 0. The molecule has 0 aliphatic heterocycles. The van der Waals surface area contributed by atoms with Crippen molar-refractivity contribution in [2.24, 2.45) is 5.73 Å². The molecule has 0 aromatic heterocycles. The lowest BCUT2D eigenvalue weighted by Gasteiger charge is -2.09. The fourth-order valence-corrected chi connectivity index (χ4v) is 0.547. The van der Waals surface area contributed by atoms with E-state index in [-0.39, 0.29) is 0 Å². The van der Waals surface area contributed by atoms with E-state index in [4.69, 9.17) is 10.6 Å². The highest BCUT2D eigenvalue weighted by Gasteiger charge is 1.89. The minimum atomic E-state index is 0.712. The lowest BCUT2D eigenvalue weighted by Crippen LogP contribution is -2.25. The number of rotatable bonds is 7. The molecule has 4 nitrogen and oxygen atoms in total. The fourth-order valence-electron chi connectivity index (χ4n) is 0.547. The molecule has 0 aliphatic rings. The predicted octanol–water partition coefficient (Wildman–Crippen LogP) is -0.582. The molecule has 0 unspecified atom stereocenters. The topological polar surface area (TPSA) is 50.5 Å². The first kappa shape index (κ1) is 10.8. The third-order valence-electron chi connectivity index (χ3n) is 1.23. The van der Waals surface area contributed by atoms with Crippen LogP contribution in [0, 0.1) is 0 Å². The number of nitrogens with one attached hydrogen (secondary N) is 1. The van der Waals surface area contributed by atoms with E-state index in [9.17, 15) is 0 Å². The average Bonchev–Trinajstić information content (AvgIpc) is 1.96. The minimum absolute atomic E-state index is 0.712. The van der Waals surface area contributed by atoms with Crippen molar-refractivity contribution < 1.29 is 4.84 Å². The number of hydrogen-bond acceptors (Lipinski definition) is 4. The van der Waals surface area contributed by atoms with Crippen molar-refractivity contribution in [3.05, 3.63) is 0 Å². The van der Waals surface area contributed by atoms with Gasteiger partial charge in [-0.2, -0.15) is 0 Å². The van der Waals surface area contributed by atoms with Crippen molar-refractivity contribution in [1.29, 1.82) is 0 Å². The SMILES string of the molecule is CN(C)CCONCCCN. The van der Waals surface area contributed by atoms with E-state index < -0.39 is 0 Å². The maximum Gasteiger partial charge on any atom is 0.0809 e. The zero-order chi connectivity index (χ0) is 8.53. The highest BCUT2D eigenvalue weighted by molar-refractivity contribution is 4.40. The molecule has 0 saturated carbocycles. The van der Waals surface area contributed by atoms with Gasteiger partial charge in [0.2, 0.25) is 0 Å². The Balaban J connectivity index is 2.80. The summed E-state index contributed by atoms with van der Waals surface area (Å²) in [5.74, 6) is 0. The van der Waals surface area contributed by atoms with E-state index in [1.165, 1.54) is 0 Å².